The molecule has 1 aromatic rings. The number of anilines is 1. The van der Waals surface area contributed by atoms with E-state index in [9.17, 15) is 4.79 Å². The Morgan fingerprint density at radius 2 is 2.06 bits per heavy atom. The summed E-state index contributed by atoms with van der Waals surface area (Å²) in [7, 11) is 0. The SMILES string of the molecule is Cc1ccc(N)cc1C(=O)NC1(CN)CCCC1. The lowest BCUT2D eigenvalue weighted by Crippen LogP contribution is -2.51. The molecule has 1 aliphatic carbocycles. The summed E-state index contributed by atoms with van der Waals surface area (Å²) < 4.78 is 0. The molecule has 0 spiro atoms. The lowest BCUT2D eigenvalue weighted by Gasteiger charge is -2.29. The van der Waals surface area contributed by atoms with Crippen molar-refractivity contribution in [3.63, 3.8) is 0 Å². The molecule has 0 bridgehead atoms. The highest BCUT2D eigenvalue weighted by molar-refractivity contribution is 5.97. The van der Waals surface area contributed by atoms with Crippen molar-refractivity contribution >= 4 is 11.6 Å². The Kier molecular flexibility index (Phi) is 3.57. The first-order valence-electron chi connectivity index (χ1n) is 6.45. The first kappa shape index (κ1) is 12.9. The molecule has 0 saturated heterocycles. The summed E-state index contributed by atoms with van der Waals surface area (Å²) in [6.45, 7) is 2.41. The third-order valence-electron chi connectivity index (χ3n) is 3.84. The number of benzene rings is 1. The molecule has 98 valence electrons. The van der Waals surface area contributed by atoms with Gasteiger partial charge in [-0.05, 0) is 37.5 Å². The molecule has 4 nitrogen and oxygen atoms in total. The molecule has 18 heavy (non-hydrogen) atoms. The predicted octanol–water partition coefficient (Wildman–Crippen LogP) is 1.58. The second-order valence-corrected chi connectivity index (χ2v) is 5.22. The van der Waals surface area contributed by atoms with Crippen LogP contribution in [0.4, 0.5) is 5.69 Å². The van der Waals surface area contributed by atoms with Gasteiger partial charge < -0.3 is 16.8 Å². The van der Waals surface area contributed by atoms with Crippen LogP contribution in [0.1, 0.15) is 41.6 Å². The van der Waals surface area contributed by atoms with Gasteiger partial charge in [0.1, 0.15) is 0 Å². The third-order valence-corrected chi connectivity index (χ3v) is 3.84. The van der Waals surface area contributed by atoms with Gasteiger partial charge in [-0.3, -0.25) is 4.79 Å². The van der Waals surface area contributed by atoms with Crippen LogP contribution in [0.25, 0.3) is 0 Å². The van der Waals surface area contributed by atoms with E-state index in [2.05, 4.69) is 5.32 Å². The fraction of sp³-hybridized carbons (Fsp3) is 0.500. The van der Waals surface area contributed by atoms with Gasteiger partial charge in [-0.15, -0.1) is 0 Å². The molecule has 2 rings (SSSR count). The van der Waals surface area contributed by atoms with Crippen molar-refractivity contribution in [2.24, 2.45) is 5.73 Å². The molecular weight excluding hydrogens is 226 g/mol. The number of amides is 1. The minimum Gasteiger partial charge on any atom is -0.399 e. The van der Waals surface area contributed by atoms with Crippen LogP contribution >= 0.6 is 0 Å². The summed E-state index contributed by atoms with van der Waals surface area (Å²) >= 11 is 0. The van der Waals surface area contributed by atoms with Gasteiger partial charge in [-0.1, -0.05) is 18.9 Å². The minimum absolute atomic E-state index is 0.0628. The number of hydrogen-bond donors (Lipinski definition) is 3. The predicted molar refractivity (Wildman–Crippen MR) is 73.3 cm³/mol. The van der Waals surface area contributed by atoms with Gasteiger partial charge in [0.25, 0.3) is 5.91 Å². The van der Waals surface area contributed by atoms with Crippen molar-refractivity contribution in [1.29, 1.82) is 0 Å². The molecule has 1 aromatic carbocycles. The van der Waals surface area contributed by atoms with Crippen LogP contribution in [0.5, 0.6) is 0 Å². The van der Waals surface area contributed by atoms with Crippen molar-refractivity contribution < 1.29 is 4.79 Å². The average Bonchev–Trinajstić information content (AvgIpc) is 2.81. The fourth-order valence-corrected chi connectivity index (χ4v) is 2.62. The minimum atomic E-state index is -0.214. The van der Waals surface area contributed by atoms with Crippen LogP contribution in [0.15, 0.2) is 18.2 Å². The highest BCUT2D eigenvalue weighted by atomic mass is 16.1. The zero-order valence-electron chi connectivity index (χ0n) is 10.8. The van der Waals surface area contributed by atoms with Gasteiger partial charge in [0.2, 0.25) is 0 Å². The van der Waals surface area contributed by atoms with Crippen LogP contribution in [0, 0.1) is 6.92 Å². The molecule has 1 fully saturated rings. The van der Waals surface area contributed by atoms with E-state index in [1.807, 2.05) is 13.0 Å². The largest absolute Gasteiger partial charge is 0.399 e. The van der Waals surface area contributed by atoms with Crippen molar-refractivity contribution in [2.75, 3.05) is 12.3 Å². The van der Waals surface area contributed by atoms with Gasteiger partial charge >= 0.3 is 0 Å². The van der Waals surface area contributed by atoms with E-state index < -0.39 is 0 Å². The summed E-state index contributed by atoms with van der Waals surface area (Å²) in [5.74, 6) is -0.0628. The maximum atomic E-state index is 12.3. The van der Waals surface area contributed by atoms with Gasteiger partial charge in [0, 0.05) is 17.8 Å². The number of nitrogens with two attached hydrogens (primary N) is 2. The van der Waals surface area contributed by atoms with Crippen LogP contribution < -0.4 is 16.8 Å². The molecule has 5 N–H and O–H groups in total. The second kappa shape index (κ2) is 4.98. The molecule has 1 aliphatic rings. The smallest absolute Gasteiger partial charge is 0.252 e. The van der Waals surface area contributed by atoms with E-state index in [-0.39, 0.29) is 11.4 Å². The first-order valence-corrected chi connectivity index (χ1v) is 6.45. The van der Waals surface area contributed by atoms with Crippen molar-refractivity contribution in [2.45, 2.75) is 38.1 Å². The van der Waals surface area contributed by atoms with E-state index in [4.69, 9.17) is 11.5 Å². The average molecular weight is 247 g/mol. The fourth-order valence-electron chi connectivity index (χ4n) is 2.62. The highest BCUT2D eigenvalue weighted by Gasteiger charge is 2.34. The van der Waals surface area contributed by atoms with Crippen molar-refractivity contribution in [3.05, 3.63) is 29.3 Å². The molecule has 1 amide bonds. The number of aryl methyl sites for hydroxylation is 1. The Morgan fingerprint density at radius 1 is 1.39 bits per heavy atom. The van der Waals surface area contributed by atoms with E-state index >= 15 is 0 Å². The van der Waals surface area contributed by atoms with Gasteiger partial charge in [-0.2, -0.15) is 0 Å². The molecule has 0 heterocycles. The topological polar surface area (TPSA) is 81.1 Å². The van der Waals surface area contributed by atoms with Crippen LogP contribution in [0.2, 0.25) is 0 Å². The van der Waals surface area contributed by atoms with Crippen LogP contribution in [-0.2, 0) is 0 Å². The zero-order chi connectivity index (χ0) is 13.2. The Hall–Kier alpha value is -1.55. The van der Waals surface area contributed by atoms with Gasteiger partial charge in [0.15, 0.2) is 0 Å². The Balaban J connectivity index is 2.18. The monoisotopic (exact) mass is 247 g/mol. The molecule has 1 saturated carbocycles. The van der Waals surface area contributed by atoms with Crippen molar-refractivity contribution in [3.8, 4) is 0 Å². The summed E-state index contributed by atoms with van der Waals surface area (Å²) in [6, 6.07) is 5.40. The van der Waals surface area contributed by atoms with E-state index in [1.165, 1.54) is 0 Å². The third kappa shape index (κ3) is 2.48. The number of hydrogen-bond acceptors (Lipinski definition) is 3. The Morgan fingerprint density at radius 3 is 2.67 bits per heavy atom. The standard InChI is InChI=1S/C14H21N3O/c1-10-4-5-11(16)8-12(10)13(18)17-14(9-15)6-2-3-7-14/h4-5,8H,2-3,6-7,9,15-16H2,1H3,(H,17,18). The quantitative estimate of drug-likeness (QED) is 0.709. The normalized spacial score (nSPS) is 17.7. The maximum Gasteiger partial charge on any atom is 0.252 e. The van der Waals surface area contributed by atoms with Crippen molar-refractivity contribution in [1.82, 2.24) is 5.32 Å². The van der Waals surface area contributed by atoms with E-state index in [1.54, 1.807) is 12.1 Å². The molecule has 0 aromatic heterocycles. The number of nitrogen functional groups attached to an aromatic ring is 1. The molecule has 0 unspecified atom stereocenters. The van der Waals surface area contributed by atoms with Gasteiger partial charge in [-0.25, -0.2) is 0 Å². The second-order valence-electron chi connectivity index (χ2n) is 5.22. The molecule has 0 atom stereocenters. The number of carbonyl (C=O) groups is 1. The molecular formula is C14H21N3O. The summed E-state index contributed by atoms with van der Waals surface area (Å²) in [4.78, 5) is 12.3. The van der Waals surface area contributed by atoms with Gasteiger partial charge in [0.05, 0.1) is 5.54 Å². The lowest BCUT2D eigenvalue weighted by molar-refractivity contribution is 0.0902. The molecule has 0 aliphatic heterocycles. The van der Waals surface area contributed by atoms with E-state index in [0.29, 0.717) is 17.8 Å². The van der Waals surface area contributed by atoms with Crippen LogP contribution in [-0.4, -0.2) is 18.0 Å². The summed E-state index contributed by atoms with van der Waals surface area (Å²) in [6.07, 6.45) is 4.20. The number of rotatable bonds is 3. The summed E-state index contributed by atoms with van der Waals surface area (Å²) in [5, 5.41) is 3.11. The Labute approximate surface area is 108 Å². The summed E-state index contributed by atoms with van der Waals surface area (Å²) in [5.41, 5.74) is 13.5. The first-order chi connectivity index (χ1) is 8.56. The van der Waals surface area contributed by atoms with E-state index in [0.717, 1.165) is 31.2 Å². The Bertz CT molecular complexity index is 450. The number of nitrogens with one attached hydrogen (secondary N) is 1. The maximum absolute atomic E-state index is 12.3. The zero-order valence-corrected chi connectivity index (χ0v) is 10.8. The number of carbonyl (C=O) groups excluding carboxylic acids is 1. The molecule has 0 radical (unpaired) electrons. The highest BCUT2D eigenvalue weighted by Crippen LogP contribution is 2.29. The molecule has 4 heteroatoms. The lowest BCUT2D eigenvalue weighted by atomic mass is 9.96. The van der Waals surface area contributed by atoms with Crippen LogP contribution in [0.3, 0.4) is 0 Å².